The van der Waals surface area contributed by atoms with Crippen molar-refractivity contribution in [3.8, 4) is 0 Å². The highest BCUT2D eigenvalue weighted by atomic mass is 19.1. The molecule has 0 saturated carbocycles. The molecule has 0 aromatic carbocycles. The number of aryl methyl sites for hydroxylation is 2. The van der Waals surface area contributed by atoms with Crippen LogP contribution in [0, 0.1) is 37.5 Å². The molecule has 4 aliphatic rings. The topological polar surface area (TPSA) is 70.6 Å². The van der Waals surface area contributed by atoms with E-state index in [4.69, 9.17) is 4.74 Å². The van der Waals surface area contributed by atoms with E-state index in [0.717, 1.165) is 30.4 Å². The average molecular weight is 411 g/mol. The lowest BCUT2D eigenvalue weighted by Gasteiger charge is -2.31. The summed E-state index contributed by atoms with van der Waals surface area (Å²) in [4.78, 5) is 26.7. The summed E-state index contributed by atoms with van der Waals surface area (Å²) in [5.74, 6) is 0.494. The van der Waals surface area contributed by atoms with Crippen LogP contribution >= 0.6 is 0 Å². The summed E-state index contributed by atoms with van der Waals surface area (Å²) in [7, 11) is 0. The number of hydrogen-bond acceptors (Lipinski definition) is 6. The van der Waals surface area contributed by atoms with E-state index in [2.05, 4.69) is 20.2 Å². The van der Waals surface area contributed by atoms with Gasteiger partial charge in [-0.1, -0.05) is 6.08 Å². The van der Waals surface area contributed by atoms with Crippen molar-refractivity contribution < 1.29 is 13.9 Å². The Labute approximate surface area is 175 Å². The van der Waals surface area contributed by atoms with E-state index in [1.54, 1.807) is 18.5 Å². The minimum Gasteiger partial charge on any atom is -0.476 e. The molecule has 0 bridgehead atoms. The summed E-state index contributed by atoms with van der Waals surface area (Å²) in [6.07, 6.45) is 7.35. The standard InChI is InChI=1S/C22H26FN5O2/c1-13-7-14(2)26-22(25-13)28-11-15-9-27(10-16(15)12-28)21(29)18-4-3-17(23)8-19(18)20-24-5-6-30-20/h3-8,15-16,18-20,24H,9-12H2,1-2H3. The van der Waals surface area contributed by atoms with E-state index >= 15 is 0 Å². The molecule has 5 atom stereocenters. The second-order valence-electron chi connectivity index (χ2n) is 8.66. The number of halogens is 1. The zero-order valence-corrected chi connectivity index (χ0v) is 17.2. The lowest BCUT2D eigenvalue weighted by Crippen LogP contribution is -2.44. The summed E-state index contributed by atoms with van der Waals surface area (Å²) in [6, 6.07) is 1.98. The molecule has 2 saturated heterocycles. The SMILES string of the molecule is Cc1cc(C)nc(N2CC3CN(C(=O)C4C=CC(F)=CC4C4NC=CO4)CC3C2)n1. The van der Waals surface area contributed by atoms with Gasteiger partial charge in [-0.2, -0.15) is 0 Å². The number of allylic oxidation sites excluding steroid dienone is 2. The average Bonchev–Trinajstić information content (AvgIpc) is 3.43. The smallest absolute Gasteiger partial charge is 0.230 e. The Morgan fingerprint density at radius 3 is 2.50 bits per heavy atom. The Kier molecular flexibility index (Phi) is 4.72. The molecular weight excluding hydrogens is 385 g/mol. The Morgan fingerprint density at radius 1 is 1.17 bits per heavy atom. The van der Waals surface area contributed by atoms with Crippen LogP contribution in [0.25, 0.3) is 0 Å². The first kappa shape index (κ1) is 19.1. The van der Waals surface area contributed by atoms with Crippen molar-refractivity contribution in [1.82, 2.24) is 20.2 Å². The van der Waals surface area contributed by atoms with Gasteiger partial charge in [0.2, 0.25) is 11.9 Å². The molecule has 2 fully saturated rings. The number of nitrogens with zero attached hydrogens (tertiary/aromatic N) is 4. The summed E-state index contributed by atoms with van der Waals surface area (Å²) in [5.41, 5.74) is 1.94. The Hall–Kier alpha value is -2.90. The van der Waals surface area contributed by atoms with Crippen LogP contribution in [0.15, 0.2) is 42.6 Å². The highest BCUT2D eigenvalue weighted by Gasteiger charge is 2.45. The van der Waals surface area contributed by atoms with Gasteiger partial charge in [0.25, 0.3) is 0 Å². The Bertz CT molecular complexity index is 903. The van der Waals surface area contributed by atoms with Gasteiger partial charge in [-0.25, -0.2) is 14.4 Å². The lowest BCUT2D eigenvalue weighted by atomic mass is 9.85. The number of nitrogens with one attached hydrogen (secondary N) is 1. The third-order valence-electron chi connectivity index (χ3n) is 6.47. The number of carbonyl (C=O) groups is 1. The van der Waals surface area contributed by atoms with Crippen molar-refractivity contribution in [1.29, 1.82) is 0 Å². The maximum atomic E-state index is 13.9. The fourth-order valence-electron chi connectivity index (χ4n) is 5.08. The van der Waals surface area contributed by atoms with Gasteiger partial charge in [-0.05, 0) is 32.1 Å². The van der Waals surface area contributed by atoms with Gasteiger partial charge >= 0.3 is 0 Å². The van der Waals surface area contributed by atoms with Gasteiger partial charge in [0.15, 0.2) is 6.23 Å². The van der Waals surface area contributed by atoms with Crippen LogP contribution in [-0.2, 0) is 9.53 Å². The molecule has 4 heterocycles. The zero-order chi connectivity index (χ0) is 20.8. The molecule has 1 aromatic heterocycles. The molecule has 1 N–H and O–H groups in total. The number of rotatable bonds is 3. The predicted octanol–water partition coefficient (Wildman–Crippen LogP) is 2.06. The van der Waals surface area contributed by atoms with Crippen LogP contribution in [0.3, 0.4) is 0 Å². The third-order valence-corrected chi connectivity index (χ3v) is 6.47. The first-order valence-corrected chi connectivity index (χ1v) is 10.5. The molecule has 158 valence electrons. The fourth-order valence-corrected chi connectivity index (χ4v) is 5.08. The molecule has 1 aromatic rings. The highest BCUT2D eigenvalue weighted by molar-refractivity contribution is 5.82. The van der Waals surface area contributed by atoms with Gasteiger partial charge in [0, 0.05) is 55.6 Å². The van der Waals surface area contributed by atoms with Crippen LogP contribution in [0.5, 0.6) is 0 Å². The molecule has 3 aliphatic heterocycles. The number of aromatic nitrogens is 2. The van der Waals surface area contributed by atoms with Gasteiger partial charge in [-0.3, -0.25) is 4.79 Å². The van der Waals surface area contributed by atoms with E-state index in [0.29, 0.717) is 24.9 Å². The van der Waals surface area contributed by atoms with Crippen LogP contribution in [0.4, 0.5) is 10.3 Å². The maximum Gasteiger partial charge on any atom is 0.230 e. The van der Waals surface area contributed by atoms with Crippen LogP contribution in [0.2, 0.25) is 0 Å². The normalized spacial score (nSPS) is 32.1. The molecule has 5 unspecified atom stereocenters. The number of likely N-dealkylation sites (tertiary alicyclic amines) is 1. The monoisotopic (exact) mass is 411 g/mol. The van der Waals surface area contributed by atoms with Crippen molar-refractivity contribution >= 4 is 11.9 Å². The number of hydrogen-bond donors (Lipinski definition) is 1. The van der Waals surface area contributed by atoms with Crippen molar-refractivity contribution in [3.63, 3.8) is 0 Å². The van der Waals surface area contributed by atoms with E-state index in [1.807, 2.05) is 24.8 Å². The first-order chi connectivity index (χ1) is 14.5. The largest absolute Gasteiger partial charge is 0.476 e. The quantitative estimate of drug-likeness (QED) is 0.821. The molecule has 7 nitrogen and oxygen atoms in total. The van der Waals surface area contributed by atoms with Gasteiger partial charge in [-0.15, -0.1) is 0 Å². The lowest BCUT2D eigenvalue weighted by molar-refractivity contribution is -0.135. The molecule has 1 amide bonds. The number of amides is 1. The van der Waals surface area contributed by atoms with Crippen LogP contribution in [-0.4, -0.2) is 53.2 Å². The zero-order valence-electron chi connectivity index (χ0n) is 17.2. The summed E-state index contributed by atoms with van der Waals surface area (Å²) >= 11 is 0. The van der Waals surface area contributed by atoms with E-state index in [9.17, 15) is 9.18 Å². The predicted molar refractivity (Wildman–Crippen MR) is 110 cm³/mol. The maximum absolute atomic E-state index is 13.9. The first-order valence-electron chi connectivity index (χ1n) is 10.5. The molecule has 0 spiro atoms. The second-order valence-corrected chi connectivity index (χ2v) is 8.66. The number of anilines is 1. The minimum atomic E-state index is -0.431. The molecular formula is C22H26FN5O2. The van der Waals surface area contributed by atoms with Crippen LogP contribution in [0.1, 0.15) is 11.4 Å². The van der Waals surface area contributed by atoms with Crippen LogP contribution < -0.4 is 10.2 Å². The van der Waals surface area contributed by atoms with Crippen molar-refractivity contribution in [2.45, 2.75) is 20.1 Å². The summed E-state index contributed by atoms with van der Waals surface area (Å²) in [6.45, 7) is 7.11. The van der Waals surface area contributed by atoms with E-state index < -0.39 is 12.1 Å². The number of ether oxygens (including phenoxy) is 1. The highest BCUT2D eigenvalue weighted by Crippen LogP contribution is 2.36. The minimum absolute atomic E-state index is 0.0425. The Morgan fingerprint density at radius 2 is 1.87 bits per heavy atom. The van der Waals surface area contributed by atoms with Gasteiger partial charge in [0.1, 0.15) is 12.1 Å². The van der Waals surface area contributed by atoms with E-state index in [-0.39, 0.29) is 17.7 Å². The van der Waals surface area contributed by atoms with Crippen molar-refractivity contribution in [2.24, 2.45) is 23.7 Å². The van der Waals surface area contributed by atoms with Crippen molar-refractivity contribution in [2.75, 3.05) is 31.1 Å². The fraction of sp³-hybridized carbons (Fsp3) is 0.500. The number of carbonyl (C=O) groups excluding carboxylic acids is 1. The van der Waals surface area contributed by atoms with Crippen molar-refractivity contribution in [3.05, 3.63) is 54.0 Å². The Balaban J connectivity index is 1.26. The van der Waals surface area contributed by atoms with E-state index in [1.165, 1.54) is 12.2 Å². The summed E-state index contributed by atoms with van der Waals surface area (Å²) in [5, 5.41) is 3.06. The van der Waals surface area contributed by atoms with Gasteiger partial charge in [0.05, 0.1) is 11.8 Å². The molecule has 1 aliphatic carbocycles. The molecule has 30 heavy (non-hydrogen) atoms. The second kappa shape index (κ2) is 7.41. The molecule has 0 radical (unpaired) electrons. The third kappa shape index (κ3) is 3.44. The molecule has 8 heteroatoms. The summed E-state index contributed by atoms with van der Waals surface area (Å²) < 4.78 is 19.4. The molecule has 5 rings (SSSR count). The van der Waals surface area contributed by atoms with Gasteiger partial charge < -0.3 is 19.9 Å². The number of fused-ring (bicyclic) bond motifs is 1.